The first-order chi connectivity index (χ1) is 15.5. The van der Waals surface area contributed by atoms with E-state index in [-0.39, 0.29) is 6.67 Å². The molecule has 168 valence electrons. The molecule has 32 heavy (non-hydrogen) atoms. The van der Waals surface area contributed by atoms with Crippen LogP contribution in [-0.2, 0) is 0 Å². The Labute approximate surface area is 189 Å². The summed E-state index contributed by atoms with van der Waals surface area (Å²) < 4.78 is 12.6. The molecule has 1 aliphatic rings. The van der Waals surface area contributed by atoms with Crippen molar-refractivity contribution in [2.24, 2.45) is 5.92 Å². The fourth-order valence-electron chi connectivity index (χ4n) is 4.13. The van der Waals surface area contributed by atoms with Gasteiger partial charge in [0.25, 0.3) is 0 Å². The SMILES string of the molecule is C=C(Nc1cc2cc(-c3cncc(NC(C)C)n3)ccc2cn1)C1CCN(CCF)CC1. The highest BCUT2D eigenvalue weighted by molar-refractivity contribution is 5.88. The van der Waals surface area contributed by atoms with Crippen molar-refractivity contribution in [1.29, 1.82) is 0 Å². The summed E-state index contributed by atoms with van der Waals surface area (Å²) in [6.45, 7) is 10.5. The quantitative estimate of drug-likeness (QED) is 0.513. The standard InChI is InChI=1S/C25H31FN6/c1-17(2)29-25-16-27-15-23(31-25)20-4-5-21-14-28-24(13-22(21)12-20)30-18(3)19-6-9-32(10-7-19)11-8-26/h4-5,12-17,19H,3,6-11H2,1-2H3,(H,28,30)(H,29,31). The first-order valence-electron chi connectivity index (χ1n) is 11.2. The summed E-state index contributed by atoms with van der Waals surface area (Å²) >= 11 is 0. The van der Waals surface area contributed by atoms with E-state index < -0.39 is 0 Å². The van der Waals surface area contributed by atoms with Gasteiger partial charge in [0.2, 0.25) is 0 Å². The molecule has 0 amide bonds. The lowest BCUT2D eigenvalue weighted by molar-refractivity contribution is 0.186. The average Bonchev–Trinajstić information content (AvgIpc) is 2.79. The molecule has 1 aliphatic heterocycles. The van der Waals surface area contributed by atoms with Crippen LogP contribution in [-0.4, -0.2) is 52.2 Å². The number of likely N-dealkylation sites (tertiary alicyclic amines) is 1. The molecule has 2 N–H and O–H groups in total. The van der Waals surface area contributed by atoms with Gasteiger partial charge in [-0.1, -0.05) is 18.7 Å². The minimum atomic E-state index is -0.281. The second-order valence-corrected chi connectivity index (χ2v) is 8.68. The topological polar surface area (TPSA) is 66.0 Å². The predicted octanol–water partition coefficient (Wildman–Crippen LogP) is 5.12. The lowest BCUT2D eigenvalue weighted by Crippen LogP contribution is -2.36. The maximum absolute atomic E-state index is 12.6. The van der Waals surface area contributed by atoms with Crippen LogP contribution in [0.25, 0.3) is 22.0 Å². The van der Waals surface area contributed by atoms with Gasteiger partial charge in [0.05, 0.1) is 18.1 Å². The van der Waals surface area contributed by atoms with Gasteiger partial charge in [-0.25, -0.2) is 14.4 Å². The van der Waals surface area contributed by atoms with Crippen molar-refractivity contribution in [3.8, 4) is 11.3 Å². The fourth-order valence-corrected chi connectivity index (χ4v) is 4.13. The average molecular weight is 435 g/mol. The molecule has 0 unspecified atom stereocenters. The molecular formula is C25H31FN6. The molecule has 0 saturated carbocycles. The predicted molar refractivity (Wildman–Crippen MR) is 129 cm³/mol. The second-order valence-electron chi connectivity index (χ2n) is 8.68. The van der Waals surface area contributed by atoms with Crippen LogP contribution in [0.2, 0.25) is 0 Å². The highest BCUT2D eigenvalue weighted by Crippen LogP contribution is 2.27. The van der Waals surface area contributed by atoms with Crippen LogP contribution in [0.15, 0.2) is 55.1 Å². The number of nitrogens with one attached hydrogen (secondary N) is 2. The number of fused-ring (bicyclic) bond motifs is 1. The van der Waals surface area contributed by atoms with Gasteiger partial charge < -0.3 is 15.5 Å². The fraction of sp³-hybridized carbons (Fsp3) is 0.400. The summed E-state index contributed by atoms with van der Waals surface area (Å²) in [5, 5.41) is 8.85. The van der Waals surface area contributed by atoms with Crippen LogP contribution in [0.5, 0.6) is 0 Å². The molecule has 4 rings (SSSR count). The third-order valence-corrected chi connectivity index (χ3v) is 5.86. The van der Waals surface area contributed by atoms with Crippen LogP contribution in [0.4, 0.5) is 16.0 Å². The first kappa shape index (κ1) is 22.1. The maximum atomic E-state index is 12.6. The van der Waals surface area contributed by atoms with Crippen molar-refractivity contribution in [2.45, 2.75) is 32.7 Å². The summed E-state index contributed by atoms with van der Waals surface area (Å²) in [5.74, 6) is 1.93. The van der Waals surface area contributed by atoms with E-state index in [0.29, 0.717) is 18.5 Å². The smallest absolute Gasteiger partial charge is 0.145 e. The van der Waals surface area contributed by atoms with E-state index in [4.69, 9.17) is 4.98 Å². The number of anilines is 2. The molecule has 2 aromatic heterocycles. The van der Waals surface area contributed by atoms with E-state index in [2.05, 4.69) is 58.1 Å². The lowest BCUT2D eigenvalue weighted by Gasteiger charge is -2.32. The van der Waals surface area contributed by atoms with E-state index in [1.54, 1.807) is 12.4 Å². The van der Waals surface area contributed by atoms with Crippen molar-refractivity contribution < 1.29 is 4.39 Å². The third kappa shape index (κ3) is 5.40. The molecule has 1 saturated heterocycles. The summed E-state index contributed by atoms with van der Waals surface area (Å²) in [5.41, 5.74) is 2.81. The molecule has 0 radical (unpaired) electrons. The van der Waals surface area contributed by atoms with E-state index in [9.17, 15) is 4.39 Å². The molecule has 3 heterocycles. The maximum Gasteiger partial charge on any atom is 0.145 e. The Kier molecular flexibility index (Phi) is 6.95. The zero-order chi connectivity index (χ0) is 22.5. The summed E-state index contributed by atoms with van der Waals surface area (Å²) in [7, 11) is 0. The Balaban J connectivity index is 1.48. The molecule has 1 fully saturated rings. The van der Waals surface area contributed by atoms with E-state index in [1.807, 2.05) is 18.3 Å². The number of allylic oxidation sites excluding steroid dienone is 1. The Hall–Kier alpha value is -3.06. The third-order valence-electron chi connectivity index (χ3n) is 5.86. The van der Waals surface area contributed by atoms with Gasteiger partial charge >= 0.3 is 0 Å². The molecular weight excluding hydrogens is 403 g/mol. The number of halogens is 1. The van der Waals surface area contributed by atoms with Crippen LogP contribution < -0.4 is 10.6 Å². The Morgan fingerprint density at radius 3 is 2.69 bits per heavy atom. The van der Waals surface area contributed by atoms with Crippen molar-refractivity contribution in [2.75, 3.05) is 36.9 Å². The van der Waals surface area contributed by atoms with Gasteiger partial charge in [0, 0.05) is 41.3 Å². The largest absolute Gasteiger partial charge is 0.367 e. The molecule has 0 atom stereocenters. The van der Waals surface area contributed by atoms with Gasteiger partial charge in [-0.3, -0.25) is 4.98 Å². The Morgan fingerprint density at radius 1 is 1.12 bits per heavy atom. The minimum Gasteiger partial charge on any atom is -0.367 e. The number of nitrogens with zero attached hydrogens (tertiary/aromatic N) is 4. The number of alkyl halides is 1. The molecule has 0 bridgehead atoms. The normalized spacial score (nSPS) is 15.2. The van der Waals surface area contributed by atoms with Crippen molar-refractivity contribution in [3.63, 3.8) is 0 Å². The van der Waals surface area contributed by atoms with Crippen molar-refractivity contribution in [3.05, 3.63) is 55.1 Å². The van der Waals surface area contributed by atoms with Gasteiger partial charge in [0.15, 0.2) is 0 Å². The van der Waals surface area contributed by atoms with Crippen molar-refractivity contribution in [1.82, 2.24) is 19.9 Å². The summed E-state index contributed by atoms with van der Waals surface area (Å²) in [6, 6.07) is 8.56. The zero-order valence-electron chi connectivity index (χ0n) is 18.8. The van der Waals surface area contributed by atoms with Crippen LogP contribution in [0.1, 0.15) is 26.7 Å². The molecule has 6 nitrogen and oxygen atoms in total. The highest BCUT2D eigenvalue weighted by atomic mass is 19.1. The monoisotopic (exact) mass is 434 g/mol. The number of rotatable bonds is 8. The number of benzene rings is 1. The Morgan fingerprint density at radius 2 is 1.94 bits per heavy atom. The minimum absolute atomic E-state index is 0.281. The Bertz CT molecular complexity index is 1070. The number of hydrogen-bond acceptors (Lipinski definition) is 6. The van der Waals surface area contributed by atoms with Gasteiger partial charge in [-0.15, -0.1) is 0 Å². The summed E-state index contributed by atoms with van der Waals surface area (Å²) in [6.07, 6.45) is 7.38. The number of pyridine rings is 1. The van der Waals surface area contributed by atoms with Crippen LogP contribution in [0, 0.1) is 5.92 Å². The van der Waals surface area contributed by atoms with Gasteiger partial charge in [-0.2, -0.15) is 0 Å². The van der Waals surface area contributed by atoms with E-state index in [1.165, 1.54) is 0 Å². The van der Waals surface area contributed by atoms with Crippen LogP contribution in [0.3, 0.4) is 0 Å². The number of hydrogen-bond donors (Lipinski definition) is 2. The molecule has 0 aliphatic carbocycles. The van der Waals surface area contributed by atoms with E-state index in [0.717, 1.165) is 65.3 Å². The first-order valence-corrected chi connectivity index (χ1v) is 11.2. The van der Waals surface area contributed by atoms with Crippen molar-refractivity contribution >= 4 is 22.4 Å². The highest BCUT2D eigenvalue weighted by Gasteiger charge is 2.21. The van der Waals surface area contributed by atoms with Gasteiger partial charge in [0.1, 0.15) is 18.3 Å². The van der Waals surface area contributed by atoms with E-state index >= 15 is 0 Å². The lowest BCUT2D eigenvalue weighted by atomic mass is 9.94. The number of aromatic nitrogens is 3. The van der Waals surface area contributed by atoms with Crippen LogP contribution >= 0.6 is 0 Å². The number of piperidine rings is 1. The zero-order valence-corrected chi connectivity index (χ0v) is 18.8. The molecule has 0 spiro atoms. The summed E-state index contributed by atoms with van der Waals surface area (Å²) in [4.78, 5) is 15.8. The molecule has 3 aromatic rings. The second kappa shape index (κ2) is 10.0. The molecule has 7 heteroatoms. The van der Waals surface area contributed by atoms with Gasteiger partial charge in [-0.05, 0) is 57.3 Å². The molecule has 1 aromatic carbocycles.